The van der Waals surface area contributed by atoms with Crippen LogP contribution in [-0.4, -0.2) is 17.0 Å². The molecule has 0 aromatic rings. The fraction of sp³-hybridized carbons (Fsp3) is 0. The molecular weight excluding hydrogens is 174 g/mol. The topological polar surface area (TPSA) is 63.6 Å². The highest BCUT2D eigenvalue weighted by Gasteiger charge is 1.96. The Balaban J connectivity index is 0. The number of hydrogen-bond acceptors (Lipinski definition) is 3. The van der Waals surface area contributed by atoms with Crippen LogP contribution in [0.4, 0.5) is 8.92 Å². The first-order valence-electron chi connectivity index (χ1n) is 2.48. The van der Waals surface area contributed by atoms with E-state index >= 15 is 0 Å². The van der Waals surface area contributed by atoms with Gasteiger partial charge < -0.3 is 5.11 Å². The minimum Gasteiger partial charge on any atom is -0.476 e. The van der Waals surface area contributed by atoms with E-state index in [9.17, 15) is 18.5 Å². The lowest BCUT2D eigenvalue weighted by atomic mass is 10.6. The fourth-order valence-corrected chi connectivity index (χ4v) is 0.0315. The molecule has 6 heteroatoms. The lowest BCUT2D eigenvalue weighted by molar-refractivity contribution is -0.176. The SMILES string of the molecule is C=C(F)C(=O)O.C=CC(=O)OF. The molecule has 0 atom stereocenters. The van der Waals surface area contributed by atoms with Crippen molar-refractivity contribution in [3.8, 4) is 0 Å². The van der Waals surface area contributed by atoms with Crippen LogP contribution in [0, 0.1) is 0 Å². The largest absolute Gasteiger partial charge is 0.476 e. The average Bonchev–Trinajstić information content (AvgIpc) is 2.04. The molecule has 0 aromatic heterocycles. The van der Waals surface area contributed by atoms with Crippen LogP contribution >= 0.6 is 0 Å². The molecule has 0 unspecified atom stereocenters. The molecule has 1 N–H and O–H groups in total. The van der Waals surface area contributed by atoms with Crippen LogP contribution in [-0.2, 0) is 14.5 Å². The quantitative estimate of drug-likeness (QED) is 0.647. The lowest BCUT2D eigenvalue weighted by Gasteiger charge is -1.75. The van der Waals surface area contributed by atoms with Gasteiger partial charge in [0.05, 0.1) is 0 Å². The number of carboxylic acid groups (broad SMARTS) is 1. The average molecular weight is 180 g/mol. The summed E-state index contributed by atoms with van der Waals surface area (Å²) in [5, 5.41) is 7.52. The number of carboxylic acids is 1. The van der Waals surface area contributed by atoms with Crippen LogP contribution in [0.25, 0.3) is 0 Å². The summed E-state index contributed by atoms with van der Waals surface area (Å²) in [5.74, 6) is -3.99. The van der Waals surface area contributed by atoms with Gasteiger partial charge in [-0.15, -0.1) is 0 Å². The summed E-state index contributed by atoms with van der Waals surface area (Å²) in [5.41, 5.74) is 0. The molecule has 0 bridgehead atoms. The molecule has 0 saturated carbocycles. The van der Waals surface area contributed by atoms with Crippen LogP contribution in [0.3, 0.4) is 0 Å². The van der Waals surface area contributed by atoms with Crippen molar-refractivity contribution < 1.29 is 28.6 Å². The second kappa shape index (κ2) is 7.39. The Morgan fingerprint density at radius 2 is 1.83 bits per heavy atom. The first kappa shape index (κ1) is 12.9. The molecule has 0 fully saturated rings. The van der Waals surface area contributed by atoms with Crippen LogP contribution in [0.15, 0.2) is 25.1 Å². The number of aliphatic carboxylic acids is 1. The van der Waals surface area contributed by atoms with Crippen molar-refractivity contribution >= 4 is 11.9 Å². The summed E-state index contributed by atoms with van der Waals surface area (Å²) in [7, 11) is 0. The van der Waals surface area contributed by atoms with Gasteiger partial charge in [-0.1, -0.05) is 13.2 Å². The monoisotopic (exact) mass is 180 g/mol. The van der Waals surface area contributed by atoms with Gasteiger partial charge in [-0.05, 0) is 0 Å². The first-order valence-corrected chi connectivity index (χ1v) is 2.48. The van der Waals surface area contributed by atoms with Gasteiger partial charge in [-0.3, -0.25) is 4.94 Å². The molecule has 0 amide bonds. The molecule has 0 aromatic carbocycles. The predicted molar refractivity (Wildman–Crippen MR) is 35.3 cm³/mol. The van der Waals surface area contributed by atoms with Crippen molar-refractivity contribution in [3.05, 3.63) is 25.1 Å². The zero-order chi connectivity index (χ0) is 10.1. The van der Waals surface area contributed by atoms with Crippen molar-refractivity contribution in [1.29, 1.82) is 0 Å². The van der Waals surface area contributed by atoms with Crippen molar-refractivity contribution in [2.45, 2.75) is 0 Å². The summed E-state index contributed by atoms with van der Waals surface area (Å²) in [6, 6.07) is 0. The fourth-order valence-electron chi connectivity index (χ4n) is 0.0315. The normalized spacial score (nSPS) is 7.17. The molecule has 0 aliphatic heterocycles. The van der Waals surface area contributed by atoms with E-state index in [4.69, 9.17) is 5.11 Å². The molecule has 0 saturated heterocycles. The summed E-state index contributed by atoms with van der Waals surface area (Å²) in [4.78, 5) is 21.3. The third kappa shape index (κ3) is 11.1. The number of carbonyl (C=O) groups is 2. The molecule has 0 radical (unpaired) electrons. The van der Waals surface area contributed by atoms with E-state index in [1.54, 1.807) is 0 Å². The smallest absolute Gasteiger partial charge is 0.371 e. The van der Waals surface area contributed by atoms with E-state index in [1.165, 1.54) is 0 Å². The van der Waals surface area contributed by atoms with Gasteiger partial charge in [-0.25, -0.2) is 9.59 Å². The van der Waals surface area contributed by atoms with Gasteiger partial charge in [0.1, 0.15) is 0 Å². The minimum atomic E-state index is -1.60. The van der Waals surface area contributed by atoms with Crippen LogP contribution < -0.4 is 0 Å². The van der Waals surface area contributed by atoms with E-state index in [1.807, 2.05) is 0 Å². The minimum absolute atomic E-state index is 0.736. The van der Waals surface area contributed by atoms with Crippen molar-refractivity contribution in [2.24, 2.45) is 0 Å². The Labute approximate surface area is 66.7 Å². The number of halogens is 2. The Bertz CT molecular complexity index is 185. The number of rotatable bonds is 2. The zero-order valence-corrected chi connectivity index (χ0v) is 5.92. The van der Waals surface area contributed by atoms with E-state index in [0.717, 1.165) is 6.08 Å². The Hall–Kier alpha value is -1.72. The highest BCUT2D eigenvalue weighted by Crippen LogP contribution is 1.86. The third-order valence-corrected chi connectivity index (χ3v) is 0.475. The Morgan fingerprint density at radius 1 is 1.50 bits per heavy atom. The number of carbonyl (C=O) groups excluding carboxylic acids is 1. The standard InChI is InChI=1S/2C3H3FO2/c1-2-3(5)6-4;1-2(4)3(5)6/h2H,1H2;1H2,(H,5,6). The zero-order valence-electron chi connectivity index (χ0n) is 5.92. The predicted octanol–water partition coefficient (Wildman–Crippen LogP) is 1.15. The molecule has 0 spiro atoms. The van der Waals surface area contributed by atoms with E-state index in [0.29, 0.717) is 0 Å². The molecule has 0 aliphatic carbocycles. The van der Waals surface area contributed by atoms with Gasteiger partial charge in [0.25, 0.3) is 0 Å². The second-order valence-electron chi connectivity index (χ2n) is 1.31. The third-order valence-electron chi connectivity index (χ3n) is 0.475. The first-order chi connectivity index (χ1) is 5.45. The van der Waals surface area contributed by atoms with Crippen molar-refractivity contribution in [1.82, 2.24) is 0 Å². The van der Waals surface area contributed by atoms with Gasteiger partial charge in [0, 0.05) is 10.6 Å². The maximum atomic E-state index is 11.0. The molecule has 0 heterocycles. The van der Waals surface area contributed by atoms with Crippen molar-refractivity contribution in [2.75, 3.05) is 0 Å². The Kier molecular flexibility index (Phi) is 7.95. The highest BCUT2D eigenvalue weighted by atomic mass is 19.3. The van der Waals surface area contributed by atoms with Crippen LogP contribution in [0.5, 0.6) is 0 Å². The molecular formula is C6H6F2O4. The van der Waals surface area contributed by atoms with Gasteiger partial charge in [0.15, 0.2) is 0 Å². The molecule has 12 heavy (non-hydrogen) atoms. The Morgan fingerprint density at radius 3 is 1.83 bits per heavy atom. The summed E-state index contributed by atoms with van der Waals surface area (Å²) in [6.07, 6.45) is 0.736. The van der Waals surface area contributed by atoms with E-state index in [2.05, 4.69) is 18.1 Å². The van der Waals surface area contributed by atoms with E-state index in [-0.39, 0.29) is 0 Å². The molecule has 68 valence electrons. The maximum Gasteiger partial charge on any atom is 0.371 e. The second-order valence-corrected chi connectivity index (χ2v) is 1.31. The van der Waals surface area contributed by atoms with E-state index < -0.39 is 17.8 Å². The maximum absolute atomic E-state index is 11.0. The molecule has 0 rings (SSSR count). The van der Waals surface area contributed by atoms with Crippen LogP contribution in [0.1, 0.15) is 0 Å². The van der Waals surface area contributed by atoms with Gasteiger partial charge in [-0.2, -0.15) is 4.39 Å². The van der Waals surface area contributed by atoms with Gasteiger partial charge >= 0.3 is 11.9 Å². The molecule has 4 nitrogen and oxygen atoms in total. The van der Waals surface area contributed by atoms with Gasteiger partial charge in [0.2, 0.25) is 5.83 Å². The number of hydrogen-bond donors (Lipinski definition) is 1. The van der Waals surface area contributed by atoms with Crippen LogP contribution in [0.2, 0.25) is 0 Å². The van der Waals surface area contributed by atoms with Crippen molar-refractivity contribution in [3.63, 3.8) is 0 Å². The summed E-state index contributed by atoms with van der Waals surface area (Å²) < 4.78 is 21.5. The highest BCUT2D eigenvalue weighted by molar-refractivity contribution is 5.83. The lowest BCUT2D eigenvalue weighted by Crippen LogP contribution is -1.90. The molecule has 0 aliphatic rings. The summed E-state index contributed by atoms with van der Waals surface area (Å²) >= 11 is 0. The summed E-state index contributed by atoms with van der Waals surface area (Å²) in [6.45, 7) is 5.41.